The number of hydrogen-bond donors (Lipinski definition) is 0. The van der Waals surface area contributed by atoms with Crippen molar-refractivity contribution >= 4 is 54.6 Å². The van der Waals surface area contributed by atoms with E-state index in [0.717, 1.165) is 55.1 Å². The summed E-state index contributed by atoms with van der Waals surface area (Å²) in [6, 6.07) is 44.9. The molecule has 0 fully saturated rings. The fourth-order valence-corrected chi connectivity index (χ4v) is 7.66. The first-order chi connectivity index (χ1) is 22.1. The molecular formula is C41H27N3O. The minimum atomic E-state index is -0.216. The average Bonchev–Trinajstić information content (AvgIpc) is 3.69. The second-order valence-corrected chi connectivity index (χ2v) is 12.6. The molecule has 0 bridgehead atoms. The topological polar surface area (TPSA) is 43.9 Å². The summed E-state index contributed by atoms with van der Waals surface area (Å²) in [4.78, 5) is 10.5. The van der Waals surface area contributed by atoms with Crippen LogP contribution in [0.4, 0.5) is 0 Å². The molecule has 0 amide bonds. The van der Waals surface area contributed by atoms with Gasteiger partial charge in [-0.15, -0.1) is 0 Å². The Balaban J connectivity index is 1.31. The highest BCUT2D eigenvalue weighted by molar-refractivity contribution is 6.15. The van der Waals surface area contributed by atoms with E-state index in [1.165, 1.54) is 33.0 Å². The smallest absolute Gasteiger partial charge is 0.235 e. The number of fused-ring (bicyclic) bond motifs is 11. The Hall–Kier alpha value is -5.74. The van der Waals surface area contributed by atoms with Crippen molar-refractivity contribution in [1.82, 2.24) is 14.5 Å². The zero-order valence-electron chi connectivity index (χ0n) is 24.9. The Morgan fingerprint density at radius 2 is 1.31 bits per heavy atom. The summed E-state index contributed by atoms with van der Waals surface area (Å²) < 4.78 is 8.84. The van der Waals surface area contributed by atoms with Gasteiger partial charge in [-0.05, 0) is 47.0 Å². The van der Waals surface area contributed by atoms with E-state index in [2.05, 4.69) is 128 Å². The van der Waals surface area contributed by atoms with Gasteiger partial charge in [0.25, 0.3) is 0 Å². The van der Waals surface area contributed by atoms with E-state index < -0.39 is 0 Å². The van der Waals surface area contributed by atoms with Crippen LogP contribution in [0.3, 0.4) is 0 Å². The summed E-state index contributed by atoms with van der Waals surface area (Å²) in [6.07, 6.45) is 0. The lowest BCUT2D eigenvalue weighted by Gasteiger charge is -2.21. The Labute approximate surface area is 259 Å². The molecule has 3 aromatic heterocycles. The lowest BCUT2D eigenvalue weighted by atomic mass is 9.82. The molecule has 9 aromatic rings. The fraction of sp³-hybridized carbons (Fsp3) is 0.0732. The molecule has 3 heterocycles. The maximum atomic E-state index is 6.59. The first-order valence-electron chi connectivity index (χ1n) is 15.4. The van der Waals surface area contributed by atoms with E-state index in [4.69, 9.17) is 14.4 Å². The van der Waals surface area contributed by atoms with Gasteiger partial charge in [-0.1, -0.05) is 111 Å². The monoisotopic (exact) mass is 577 g/mol. The van der Waals surface area contributed by atoms with Gasteiger partial charge in [-0.2, -0.15) is 0 Å². The van der Waals surface area contributed by atoms with E-state index in [9.17, 15) is 0 Å². The molecule has 0 unspecified atom stereocenters. The number of hydrogen-bond acceptors (Lipinski definition) is 3. The molecule has 0 atom stereocenters. The molecule has 1 aliphatic rings. The van der Waals surface area contributed by atoms with E-state index in [1.54, 1.807) is 0 Å². The molecule has 6 aromatic carbocycles. The van der Waals surface area contributed by atoms with E-state index in [-0.39, 0.29) is 5.41 Å². The summed E-state index contributed by atoms with van der Waals surface area (Å²) in [5.41, 5.74) is 11.8. The first kappa shape index (κ1) is 24.7. The number of aromatic nitrogens is 3. The third-order valence-electron chi connectivity index (χ3n) is 9.81. The second kappa shape index (κ2) is 8.67. The minimum Gasteiger partial charge on any atom is -0.455 e. The largest absolute Gasteiger partial charge is 0.455 e. The van der Waals surface area contributed by atoms with Crippen molar-refractivity contribution in [2.75, 3.05) is 0 Å². The maximum Gasteiger partial charge on any atom is 0.235 e. The standard InChI is InChI=1S/C41H27N3O/c1-41(2)31-21-20-27-26-15-8-11-19-36(26)45-39(27)37(31)30-22-29-25-14-7-10-18-34(25)44(35(29)23-32(30)41)40-42-33-17-9-6-16-28(33)38(43-40)24-12-4-3-5-13-24/h3-23H,1-2H3. The van der Waals surface area contributed by atoms with Crippen molar-refractivity contribution in [1.29, 1.82) is 0 Å². The van der Waals surface area contributed by atoms with Crippen molar-refractivity contribution in [3.05, 3.63) is 139 Å². The van der Waals surface area contributed by atoms with Crippen LogP contribution in [-0.4, -0.2) is 14.5 Å². The Kier molecular flexibility index (Phi) is 4.76. The Morgan fingerprint density at radius 3 is 2.18 bits per heavy atom. The zero-order valence-corrected chi connectivity index (χ0v) is 24.9. The number of furan rings is 1. The summed E-state index contributed by atoms with van der Waals surface area (Å²) in [5, 5.41) is 5.71. The summed E-state index contributed by atoms with van der Waals surface area (Å²) >= 11 is 0. The molecule has 0 radical (unpaired) electrons. The molecule has 0 saturated heterocycles. The quantitative estimate of drug-likeness (QED) is 0.205. The molecule has 212 valence electrons. The lowest BCUT2D eigenvalue weighted by Crippen LogP contribution is -2.15. The lowest BCUT2D eigenvalue weighted by molar-refractivity contribution is 0.653. The predicted octanol–water partition coefficient (Wildman–Crippen LogP) is 10.6. The molecule has 4 nitrogen and oxygen atoms in total. The molecule has 10 rings (SSSR count). The van der Waals surface area contributed by atoms with Crippen LogP contribution in [0, 0.1) is 0 Å². The van der Waals surface area contributed by atoms with Gasteiger partial charge in [0.2, 0.25) is 5.95 Å². The molecule has 0 saturated carbocycles. The third-order valence-corrected chi connectivity index (χ3v) is 9.81. The van der Waals surface area contributed by atoms with Crippen LogP contribution in [0.15, 0.2) is 132 Å². The summed E-state index contributed by atoms with van der Waals surface area (Å²) in [5.74, 6) is 0.673. The first-order valence-corrected chi connectivity index (χ1v) is 15.4. The van der Waals surface area contributed by atoms with E-state index in [0.29, 0.717) is 5.95 Å². The highest BCUT2D eigenvalue weighted by Gasteiger charge is 2.38. The summed E-state index contributed by atoms with van der Waals surface area (Å²) in [7, 11) is 0. The average molecular weight is 578 g/mol. The summed E-state index contributed by atoms with van der Waals surface area (Å²) in [6.45, 7) is 4.65. The van der Waals surface area contributed by atoms with E-state index >= 15 is 0 Å². The van der Waals surface area contributed by atoms with Crippen LogP contribution in [0.1, 0.15) is 25.0 Å². The number of benzene rings is 6. The van der Waals surface area contributed by atoms with Crippen molar-refractivity contribution in [2.45, 2.75) is 19.3 Å². The van der Waals surface area contributed by atoms with Crippen molar-refractivity contribution in [3.63, 3.8) is 0 Å². The molecular weight excluding hydrogens is 550 g/mol. The van der Waals surface area contributed by atoms with Crippen molar-refractivity contribution < 1.29 is 4.42 Å². The van der Waals surface area contributed by atoms with Gasteiger partial charge in [0, 0.05) is 43.5 Å². The number of para-hydroxylation sites is 3. The van der Waals surface area contributed by atoms with Gasteiger partial charge in [-0.25, -0.2) is 9.97 Å². The second-order valence-electron chi connectivity index (χ2n) is 12.6. The van der Waals surface area contributed by atoms with Crippen LogP contribution in [-0.2, 0) is 5.41 Å². The van der Waals surface area contributed by atoms with Gasteiger partial charge in [-0.3, -0.25) is 4.57 Å². The van der Waals surface area contributed by atoms with Crippen molar-refractivity contribution in [2.24, 2.45) is 0 Å². The zero-order chi connectivity index (χ0) is 29.9. The fourth-order valence-electron chi connectivity index (χ4n) is 7.66. The van der Waals surface area contributed by atoms with Crippen LogP contribution in [0.5, 0.6) is 0 Å². The van der Waals surface area contributed by atoms with Gasteiger partial charge in [0.05, 0.1) is 22.2 Å². The predicted molar refractivity (Wildman–Crippen MR) is 184 cm³/mol. The maximum absolute atomic E-state index is 6.59. The Bertz CT molecular complexity index is 2680. The molecule has 0 aliphatic heterocycles. The Morgan fingerprint density at radius 1 is 0.578 bits per heavy atom. The van der Waals surface area contributed by atoms with E-state index in [1.807, 2.05) is 18.2 Å². The normalized spacial score (nSPS) is 13.7. The van der Waals surface area contributed by atoms with Crippen LogP contribution in [0.2, 0.25) is 0 Å². The molecule has 0 spiro atoms. The number of rotatable bonds is 2. The van der Waals surface area contributed by atoms with Gasteiger partial charge in [0.15, 0.2) is 0 Å². The molecule has 1 aliphatic carbocycles. The minimum absolute atomic E-state index is 0.216. The van der Waals surface area contributed by atoms with Gasteiger partial charge >= 0.3 is 0 Å². The van der Waals surface area contributed by atoms with Crippen LogP contribution < -0.4 is 0 Å². The molecule has 0 N–H and O–H groups in total. The van der Waals surface area contributed by atoms with Crippen LogP contribution >= 0.6 is 0 Å². The third kappa shape index (κ3) is 3.26. The highest BCUT2D eigenvalue weighted by atomic mass is 16.3. The van der Waals surface area contributed by atoms with Gasteiger partial charge in [0.1, 0.15) is 11.2 Å². The highest BCUT2D eigenvalue weighted by Crippen LogP contribution is 2.54. The molecule has 4 heteroatoms. The number of nitrogens with zero attached hydrogens (tertiary/aromatic N) is 3. The van der Waals surface area contributed by atoms with Gasteiger partial charge < -0.3 is 4.42 Å². The van der Waals surface area contributed by atoms with Crippen LogP contribution in [0.25, 0.3) is 83.0 Å². The molecule has 45 heavy (non-hydrogen) atoms. The SMILES string of the molecule is CC1(C)c2cc3c(cc2-c2c1ccc1c2oc2ccccc21)c1ccccc1n3-c1nc(-c2ccccc2)c2ccccc2n1. The van der Waals surface area contributed by atoms with Crippen molar-refractivity contribution in [3.8, 4) is 28.3 Å².